The number of nitrogens with zero attached hydrogens (tertiary/aromatic N) is 1. The van der Waals surface area contributed by atoms with Crippen molar-refractivity contribution in [1.82, 2.24) is 10.3 Å². The minimum absolute atomic E-state index is 0.312. The van der Waals surface area contributed by atoms with Crippen molar-refractivity contribution >= 4 is 5.69 Å². The molecule has 0 bridgehead atoms. The smallest absolute Gasteiger partial charge is 0.160 e. The highest BCUT2D eigenvalue weighted by atomic mass is 16.5. The Bertz CT molecular complexity index is 343. The minimum atomic E-state index is -0.312. The number of ether oxygens (including phenoxy) is 1. The number of aryl methyl sites for hydroxylation is 1. The van der Waals surface area contributed by atoms with Gasteiger partial charge >= 0.3 is 0 Å². The van der Waals surface area contributed by atoms with Crippen molar-refractivity contribution in [2.75, 3.05) is 32.1 Å². The Labute approximate surface area is 102 Å². The summed E-state index contributed by atoms with van der Waals surface area (Å²) in [5.74, 6) is 0.742. The first-order valence-corrected chi connectivity index (χ1v) is 5.76. The van der Waals surface area contributed by atoms with Gasteiger partial charge in [0.1, 0.15) is 0 Å². The predicted molar refractivity (Wildman–Crippen MR) is 68.6 cm³/mol. The van der Waals surface area contributed by atoms with E-state index in [1.54, 1.807) is 20.2 Å². The molecule has 0 amide bonds. The second-order valence-electron chi connectivity index (χ2n) is 4.01. The molecule has 0 radical (unpaired) electrons. The Morgan fingerprint density at radius 2 is 2.24 bits per heavy atom. The van der Waals surface area contributed by atoms with Crippen LogP contribution in [0.3, 0.4) is 0 Å². The molecule has 1 unspecified atom stereocenters. The number of anilines is 1. The standard InChI is InChI=1S/C12H21N3O2/c1-9-6-11(12(17-3)8-15-9)14-5-4-13-7-10(2)16/h6,8,10,13,16H,4-5,7H2,1-3H3,(H,14,15). The molecule has 1 aromatic rings. The molecule has 5 heteroatoms. The molecular formula is C12H21N3O2. The van der Waals surface area contributed by atoms with E-state index < -0.39 is 0 Å². The van der Waals surface area contributed by atoms with Crippen LogP contribution in [0.25, 0.3) is 0 Å². The van der Waals surface area contributed by atoms with Crippen LogP contribution in [0, 0.1) is 6.92 Å². The normalized spacial score (nSPS) is 12.2. The lowest BCUT2D eigenvalue weighted by Gasteiger charge is -2.12. The molecule has 17 heavy (non-hydrogen) atoms. The fourth-order valence-electron chi connectivity index (χ4n) is 1.44. The first-order valence-electron chi connectivity index (χ1n) is 5.76. The van der Waals surface area contributed by atoms with Crippen LogP contribution in [0.4, 0.5) is 5.69 Å². The van der Waals surface area contributed by atoms with Crippen molar-refractivity contribution in [3.8, 4) is 5.75 Å². The molecule has 0 saturated heterocycles. The van der Waals surface area contributed by atoms with Crippen molar-refractivity contribution in [2.24, 2.45) is 0 Å². The van der Waals surface area contributed by atoms with E-state index in [0.29, 0.717) is 6.54 Å². The second kappa shape index (κ2) is 7.09. The lowest BCUT2D eigenvalue weighted by Crippen LogP contribution is -2.29. The molecule has 3 N–H and O–H groups in total. The Kier molecular flexibility index (Phi) is 5.72. The van der Waals surface area contributed by atoms with E-state index in [-0.39, 0.29) is 6.10 Å². The summed E-state index contributed by atoms with van der Waals surface area (Å²) in [6.45, 7) is 5.86. The van der Waals surface area contributed by atoms with Gasteiger partial charge in [-0.05, 0) is 19.9 Å². The molecule has 0 aromatic carbocycles. The zero-order valence-corrected chi connectivity index (χ0v) is 10.7. The lowest BCUT2D eigenvalue weighted by atomic mass is 10.3. The molecule has 0 aliphatic rings. The molecular weight excluding hydrogens is 218 g/mol. The molecule has 0 saturated carbocycles. The van der Waals surface area contributed by atoms with Crippen molar-refractivity contribution in [1.29, 1.82) is 0 Å². The summed E-state index contributed by atoms with van der Waals surface area (Å²) in [6, 6.07) is 1.95. The van der Waals surface area contributed by atoms with Gasteiger partial charge in [0.2, 0.25) is 0 Å². The Hall–Kier alpha value is -1.33. The Morgan fingerprint density at radius 1 is 1.47 bits per heavy atom. The average Bonchev–Trinajstić information content (AvgIpc) is 2.28. The van der Waals surface area contributed by atoms with Gasteiger partial charge in [0.25, 0.3) is 0 Å². The molecule has 96 valence electrons. The number of methoxy groups -OCH3 is 1. The predicted octanol–water partition coefficient (Wildman–Crippen LogP) is 0.781. The van der Waals surface area contributed by atoms with E-state index in [1.807, 2.05) is 13.0 Å². The van der Waals surface area contributed by atoms with Crippen LogP contribution in [0.1, 0.15) is 12.6 Å². The highest BCUT2D eigenvalue weighted by Gasteiger charge is 2.02. The number of pyridine rings is 1. The summed E-state index contributed by atoms with van der Waals surface area (Å²) in [5, 5.41) is 15.5. The van der Waals surface area contributed by atoms with E-state index in [0.717, 1.165) is 30.2 Å². The summed E-state index contributed by atoms with van der Waals surface area (Å²) in [7, 11) is 1.63. The summed E-state index contributed by atoms with van der Waals surface area (Å²) < 4.78 is 5.21. The fourth-order valence-corrected chi connectivity index (χ4v) is 1.44. The molecule has 1 atom stereocenters. The van der Waals surface area contributed by atoms with Gasteiger partial charge in [-0.25, -0.2) is 0 Å². The number of hydrogen-bond donors (Lipinski definition) is 3. The first kappa shape index (κ1) is 13.7. The number of nitrogens with one attached hydrogen (secondary N) is 2. The van der Waals surface area contributed by atoms with Gasteiger partial charge in [-0.15, -0.1) is 0 Å². The van der Waals surface area contributed by atoms with Crippen molar-refractivity contribution in [3.63, 3.8) is 0 Å². The highest BCUT2D eigenvalue weighted by Crippen LogP contribution is 2.22. The van der Waals surface area contributed by atoms with Crippen LogP contribution in [0.5, 0.6) is 5.75 Å². The van der Waals surface area contributed by atoms with Crippen molar-refractivity contribution in [2.45, 2.75) is 20.0 Å². The van der Waals surface area contributed by atoms with Crippen LogP contribution in [0.15, 0.2) is 12.3 Å². The molecule has 0 aliphatic carbocycles. The third kappa shape index (κ3) is 5.01. The van der Waals surface area contributed by atoms with Gasteiger partial charge in [0.05, 0.1) is 25.1 Å². The molecule has 5 nitrogen and oxygen atoms in total. The summed E-state index contributed by atoms with van der Waals surface area (Å²) in [6.07, 6.45) is 1.40. The summed E-state index contributed by atoms with van der Waals surface area (Å²) in [5.41, 5.74) is 1.89. The quantitative estimate of drug-likeness (QED) is 0.614. The largest absolute Gasteiger partial charge is 0.493 e. The van der Waals surface area contributed by atoms with Gasteiger partial charge < -0.3 is 20.5 Å². The van der Waals surface area contributed by atoms with E-state index in [2.05, 4.69) is 15.6 Å². The molecule has 0 fully saturated rings. The van der Waals surface area contributed by atoms with Crippen LogP contribution in [0.2, 0.25) is 0 Å². The minimum Gasteiger partial charge on any atom is -0.493 e. The topological polar surface area (TPSA) is 66.4 Å². The van der Waals surface area contributed by atoms with Crippen LogP contribution >= 0.6 is 0 Å². The zero-order valence-electron chi connectivity index (χ0n) is 10.7. The summed E-state index contributed by atoms with van der Waals surface area (Å²) in [4.78, 5) is 4.16. The molecule has 1 heterocycles. The molecule has 1 aromatic heterocycles. The van der Waals surface area contributed by atoms with E-state index in [4.69, 9.17) is 9.84 Å². The average molecular weight is 239 g/mol. The maximum Gasteiger partial charge on any atom is 0.160 e. The number of aliphatic hydroxyl groups excluding tert-OH is 1. The zero-order chi connectivity index (χ0) is 12.7. The SMILES string of the molecule is COc1cnc(C)cc1NCCNCC(C)O. The maximum atomic E-state index is 9.08. The summed E-state index contributed by atoms with van der Waals surface area (Å²) >= 11 is 0. The first-order chi connectivity index (χ1) is 8.13. The third-order valence-corrected chi connectivity index (χ3v) is 2.28. The lowest BCUT2D eigenvalue weighted by molar-refractivity contribution is 0.192. The van der Waals surface area contributed by atoms with Crippen molar-refractivity contribution in [3.05, 3.63) is 18.0 Å². The van der Waals surface area contributed by atoms with Crippen LogP contribution < -0.4 is 15.4 Å². The monoisotopic (exact) mass is 239 g/mol. The number of aromatic nitrogens is 1. The van der Waals surface area contributed by atoms with Gasteiger partial charge in [0.15, 0.2) is 5.75 Å². The molecule has 0 aliphatic heterocycles. The van der Waals surface area contributed by atoms with Gasteiger partial charge in [-0.1, -0.05) is 0 Å². The van der Waals surface area contributed by atoms with E-state index in [1.165, 1.54) is 0 Å². The third-order valence-electron chi connectivity index (χ3n) is 2.28. The second-order valence-corrected chi connectivity index (χ2v) is 4.01. The van der Waals surface area contributed by atoms with E-state index in [9.17, 15) is 0 Å². The van der Waals surface area contributed by atoms with Gasteiger partial charge in [-0.2, -0.15) is 0 Å². The Morgan fingerprint density at radius 3 is 2.88 bits per heavy atom. The Balaban J connectivity index is 2.37. The molecule has 0 spiro atoms. The van der Waals surface area contributed by atoms with Crippen LogP contribution in [-0.4, -0.2) is 42.9 Å². The maximum absolute atomic E-state index is 9.08. The van der Waals surface area contributed by atoms with Crippen LogP contribution in [-0.2, 0) is 0 Å². The fraction of sp³-hybridized carbons (Fsp3) is 0.583. The molecule has 1 rings (SSSR count). The van der Waals surface area contributed by atoms with E-state index >= 15 is 0 Å². The highest BCUT2D eigenvalue weighted by molar-refractivity contribution is 5.55. The number of rotatable bonds is 7. The van der Waals surface area contributed by atoms with Gasteiger partial charge in [0, 0.05) is 25.3 Å². The van der Waals surface area contributed by atoms with Gasteiger partial charge in [-0.3, -0.25) is 4.98 Å². The number of hydrogen-bond acceptors (Lipinski definition) is 5. The number of aliphatic hydroxyl groups is 1. The van der Waals surface area contributed by atoms with Crippen molar-refractivity contribution < 1.29 is 9.84 Å².